The lowest BCUT2D eigenvalue weighted by atomic mass is 9.77. The standard InChI is InChI=1S/C29H33F3O/c1-3-19-4-9-22(10-5-19)26-16-14-23(28(31)29(26)32)13-8-20-6-11-21(12-7-20)25-17-15-24(33-2)18-27(25)30/h6,11-12,14-20,22H,3-5,7-10,13H2,1-2H3. The first kappa shape index (κ1) is 23.7. The van der Waals surface area contributed by atoms with Gasteiger partial charge in [-0.1, -0.05) is 43.7 Å². The summed E-state index contributed by atoms with van der Waals surface area (Å²) >= 11 is 0. The zero-order valence-electron chi connectivity index (χ0n) is 19.5. The average Bonchev–Trinajstić information content (AvgIpc) is 2.85. The van der Waals surface area contributed by atoms with E-state index in [1.165, 1.54) is 19.6 Å². The van der Waals surface area contributed by atoms with Crippen LogP contribution in [0.1, 0.15) is 74.5 Å². The zero-order chi connectivity index (χ0) is 23.4. The molecule has 1 nitrogen and oxygen atoms in total. The summed E-state index contributed by atoms with van der Waals surface area (Å²) < 4.78 is 49.1. The molecule has 0 radical (unpaired) electrons. The number of halogens is 3. The minimum atomic E-state index is -0.679. The molecule has 0 N–H and O–H groups in total. The van der Waals surface area contributed by atoms with Gasteiger partial charge < -0.3 is 4.74 Å². The Balaban J connectivity index is 1.35. The summed E-state index contributed by atoms with van der Waals surface area (Å²) in [4.78, 5) is 0. The minimum Gasteiger partial charge on any atom is -0.497 e. The van der Waals surface area contributed by atoms with Crippen LogP contribution in [0, 0.1) is 29.3 Å². The van der Waals surface area contributed by atoms with E-state index >= 15 is 0 Å². The maximum absolute atomic E-state index is 14.9. The van der Waals surface area contributed by atoms with Crippen LogP contribution in [0.3, 0.4) is 0 Å². The van der Waals surface area contributed by atoms with Crippen molar-refractivity contribution in [3.05, 3.63) is 82.7 Å². The van der Waals surface area contributed by atoms with E-state index in [1.807, 2.05) is 24.3 Å². The molecule has 1 saturated carbocycles. The molecule has 2 aromatic rings. The largest absolute Gasteiger partial charge is 0.497 e. The van der Waals surface area contributed by atoms with Gasteiger partial charge in [0.1, 0.15) is 11.6 Å². The minimum absolute atomic E-state index is 0.138. The molecule has 2 aliphatic rings. The lowest BCUT2D eigenvalue weighted by Gasteiger charge is -2.28. The number of hydrogen-bond acceptors (Lipinski definition) is 1. The monoisotopic (exact) mass is 454 g/mol. The molecule has 0 aromatic heterocycles. The summed E-state index contributed by atoms with van der Waals surface area (Å²) in [5.74, 6) is -0.0630. The smallest absolute Gasteiger partial charge is 0.162 e. The van der Waals surface area contributed by atoms with Crippen LogP contribution in [0.4, 0.5) is 13.2 Å². The molecule has 0 bridgehead atoms. The Labute approximate surface area is 195 Å². The number of aryl methyl sites for hydroxylation is 1. The van der Waals surface area contributed by atoms with E-state index in [4.69, 9.17) is 4.74 Å². The molecule has 2 aromatic carbocycles. The zero-order valence-corrected chi connectivity index (χ0v) is 19.5. The van der Waals surface area contributed by atoms with Crippen molar-refractivity contribution in [2.75, 3.05) is 7.11 Å². The predicted octanol–water partition coefficient (Wildman–Crippen LogP) is 8.39. The third kappa shape index (κ3) is 5.37. The Morgan fingerprint density at radius 2 is 1.76 bits per heavy atom. The Bertz CT molecular complexity index is 1030. The topological polar surface area (TPSA) is 9.23 Å². The number of rotatable bonds is 7. The fourth-order valence-corrected chi connectivity index (χ4v) is 5.27. The van der Waals surface area contributed by atoms with Gasteiger partial charge in [0.2, 0.25) is 0 Å². The van der Waals surface area contributed by atoms with Crippen LogP contribution < -0.4 is 4.74 Å². The Morgan fingerprint density at radius 3 is 2.39 bits per heavy atom. The lowest BCUT2D eigenvalue weighted by molar-refractivity contribution is 0.312. The van der Waals surface area contributed by atoms with Gasteiger partial charge in [-0.3, -0.25) is 0 Å². The Kier molecular flexibility index (Phi) is 7.62. The highest BCUT2D eigenvalue weighted by molar-refractivity contribution is 5.75. The summed E-state index contributed by atoms with van der Waals surface area (Å²) in [7, 11) is 1.51. The average molecular weight is 455 g/mol. The fourth-order valence-electron chi connectivity index (χ4n) is 5.27. The second-order valence-electron chi connectivity index (χ2n) is 9.47. The van der Waals surface area contributed by atoms with E-state index in [1.54, 1.807) is 18.2 Å². The van der Waals surface area contributed by atoms with Crippen molar-refractivity contribution in [3.8, 4) is 5.75 Å². The van der Waals surface area contributed by atoms with E-state index in [2.05, 4.69) is 6.92 Å². The Hall–Kier alpha value is -2.49. The van der Waals surface area contributed by atoms with Gasteiger partial charge in [-0.25, -0.2) is 13.2 Å². The summed E-state index contributed by atoms with van der Waals surface area (Å²) in [6.07, 6.45) is 13.2. The second kappa shape index (κ2) is 10.6. The van der Waals surface area contributed by atoms with Crippen molar-refractivity contribution < 1.29 is 17.9 Å². The molecule has 2 aliphatic carbocycles. The Morgan fingerprint density at radius 1 is 0.970 bits per heavy atom. The maximum Gasteiger partial charge on any atom is 0.162 e. The van der Waals surface area contributed by atoms with E-state index in [-0.39, 0.29) is 17.7 Å². The molecule has 4 rings (SSSR count). The van der Waals surface area contributed by atoms with Crippen LogP contribution in [-0.4, -0.2) is 7.11 Å². The number of ether oxygens (including phenoxy) is 1. The summed E-state index contributed by atoms with van der Waals surface area (Å²) in [6, 6.07) is 8.44. The van der Waals surface area contributed by atoms with E-state index in [0.717, 1.165) is 50.0 Å². The number of allylic oxidation sites excluding steroid dienone is 4. The van der Waals surface area contributed by atoms with Gasteiger partial charge in [-0.05, 0) is 91.5 Å². The summed E-state index contributed by atoms with van der Waals surface area (Å²) in [5.41, 5.74) is 2.38. The first-order valence-electron chi connectivity index (χ1n) is 12.2. The first-order chi connectivity index (χ1) is 16.0. The van der Waals surface area contributed by atoms with Crippen molar-refractivity contribution in [3.63, 3.8) is 0 Å². The van der Waals surface area contributed by atoms with E-state index in [0.29, 0.717) is 28.9 Å². The highest BCUT2D eigenvalue weighted by atomic mass is 19.2. The van der Waals surface area contributed by atoms with Crippen molar-refractivity contribution in [2.24, 2.45) is 11.8 Å². The number of benzene rings is 2. The van der Waals surface area contributed by atoms with Crippen LogP contribution in [0.2, 0.25) is 0 Å². The molecule has 0 saturated heterocycles. The summed E-state index contributed by atoms with van der Waals surface area (Å²) in [5, 5.41) is 0. The fraction of sp³-hybridized carbons (Fsp3) is 0.448. The van der Waals surface area contributed by atoms with Crippen molar-refractivity contribution in [1.29, 1.82) is 0 Å². The molecular formula is C29H33F3O. The number of hydrogen-bond donors (Lipinski definition) is 0. The second-order valence-corrected chi connectivity index (χ2v) is 9.47. The molecular weight excluding hydrogens is 421 g/mol. The van der Waals surface area contributed by atoms with Gasteiger partial charge in [0, 0.05) is 11.6 Å². The normalized spacial score (nSPS) is 22.8. The first-order valence-corrected chi connectivity index (χ1v) is 12.2. The third-order valence-electron chi connectivity index (χ3n) is 7.52. The maximum atomic E-state index is 14.9. The van der Waals surface area contributed by atoms with Crippen LogP contribution >= 0.6 is 0 Å². The van der Waals surface area contributed by atoms with Crippen LogP contribution in [0.15, 0.2) is 48.6 Å². The molecule has 0 aliphatic heterocycles. The van der Waals surface area contributed by atoms with Gasteiger partial charge in [-0.2, -0.15) is 0 Å². The highest BCUT2D eigenvalue weighted by Gasteiger charge is 2.26. The molecule has 0 amide bonds. The molecule has 4 heteroatoms. The van der Waals surface area contributed by atoms with Gasteiger partial charge in [0.15, 0.2) is 11.6 Å². The highest BCUT2D eigenvalue weighted by Crippen LogP contribution is 2.39. The van der Waals surface area contributed by atoms with Crippen LogP contribution in [0.5, 0.6) is 5.75 Å². The van der Waals surface area contributed by atoms with Crippen molar-refractivity contribution >= 4 is 5.57 Å². The molecule has 176 valence electrons. The summed E-state index contributed by atoms with van der Waals surface area (Å²) in [6.45, 7) is 2.20. The molecule has 33 heavy (non-hydrogen) atoms. The van der Waals surface area contributed by atoms with E-state index in [9.17, 15) is 13.2 Å². The lowest BCUT2D eigenvalue weighted by Crippen LogP contribution is -2.14. The SMILES string of the molecule is CCC1CCC(c2ccc(CCC3C=CC(c4ccc(OC)cc4F)=CC3)c(F)c2F)CC1. The third-order valence-corrected chi connectivity index (χ3v) is 7.52. The van der Waals surface area contributed by atoms with Crippen LogP contribution in [0.25, 0.3) is 5.57 Å². The molecule has 1 unspecified atom stereocenters. The van der Waals surface area contributed by atoms with Crippen LogP contribution in [-0.2, 0) is 6.42 Å². The van der Waals surface area contributed by atoms with Crippen molar-refractivity contribution in [1.82, 2.24) is 0 Å². The number of methoxy groups -OCH3 is 1. The van der Waals surface area contributed by atoms with Gasteiger partial charge in [0.25, 0.3) is 0 Å². The van der Waals surface area contributed by atoms with Gasteiger partial charge in [0.05, 0.1) is 7.11 Å². The predicted molar refractivity (Wildman–Crippen MR) is 128 cm³/mol. The quantitative estimate of drug-likeness (QED) is 0.408. The van der Waals surface area contributed by atoms with Crippen molar-refractivity contribution in [2.45, 2.75) is 64.2 Å². The molecule has 1 fully saturated rings. The van der Waals surface area contributed by atoms with E-state index < -0.39 is 11.6 Å². The van der Waals surface area contributed by atoms with Gasteiger partial charge >= 0.3 is 0 Å². The molecule has 0 heterocycles. The molecule has 0 spiro atoms. The molecule has 1 atom stereocenters. The van der Waals surface area contributed by atoms with Gasteiger partial charge in [-0.15, -0.1) is 0 Å².